The fourth-order valence-electron chi connectivity index (χ4n) is 1.86. The van der Waals surface area contributed by atoms with Gasteiger partial charge in [0.1, 0.15) is 11.5 Å². The molecule has 0 saturated carbocycles. The number of rotatable bonds is 6. The van der Waals surface area contributed by atoms with E-state index in [1.54, 1.807) is 49.8 Å². The van der Waals surface area contributed by atoms with Crippen molar-refractivity contribution in [2.24, 2.45) is 0 Å². The van der Waals surface area contributed by atoms with Crippen molar-refractivity contribution in [1.29, 1.82) is 0 Å². The summed E-state index contributed by atoms with van der Waals surface area (Å²) in [5, 5.41) is 14.8. The number of carbonyl (C=O) groups is 1. The zero-order chi connectivity index (χ0) is 15.1. The van der Waals surface area contributed by atoms with Crippen molar-refractivity contribution in [2.45, 2.75) is 12.6 Å². The Morgan fingerprint density at radius 2 is 2.10 bits per heavy atom. The summed E-state index contributed by atoms with van der Waals surface area (Å²) in [6, 6.07) is 9.82. The minimum Gasteiger partial charge on any atom is -0.497 e. The van der Waals surface area contributed by atoms with Gasteiger partial charge in [0.05, 0.1) is 32.6 Å². The summed E-state index contributed by atoms with van der Waals surface area (Å²) < 4.78 is 10.2. The topological polar surface area (TPSA) is 83.7 Å². The van der Waals surface area contributed by atoms with Gasteiger partial charge in [0, 0.05) is 0 Å². The molecular formula is C15H18N2O4. The molecule has 1 aromatic carbocycles. The second-order valence-electron chi connectivity index (χ2n) is 4.41. The molecule has 2 rings (SSSR count). The first-order valence-electron chi connectivity index (χ1n) is 6.54. The van der Waals surface area contributed by atoms with Gasteiger partial charge in [0.15, 0.2) is 0 Å². The van der Waals surface area contributed by atoms with E-state index in [-0.39, 0.29) is 12.6 Å². The standard InChI is InChI=1S/C15H18N2O4/c1-20-12-6-4-11(5-7-12)14(10-18)17-15(19)16-9-13-3-2-8-21-13/h2-8,14,18H,9-10H2,1H3,(H2,16,17,19)/t14-/m1/s1. The monoisotopic (exact) mass is 290 g/mol. The first kappa shape index (κ1) is 14.9. The Bertz CT molecular complexity index is 552. The fraction of sp³-hybridized carbons (Fsp3) is 0.267. The molecule has 6 heteroatoms. The van der Waals surface area contributed by atoms with Gasteiger partial charge in [0.25, 0.3) is 0 Å². The highest BCUT2D eigenvalue weighted by molar-refractivity contribution is 5.74. The van der Waals surface area contributed by atoms with Crippen LogP contribution in [0.5, 0.6) is 5.75 Å². The Morgan fingerprint density at radius 3 is 2.67 bits per heavy atom. The van der Waals surface area contributed by atoms with Gasteiger partial charge in [-0.2, -0.15) is 0 Å². The molecule has 0 aliphatic carbocycles. The Labute approximate surface area is 122 Å². The summed E-state index contributed by atoms with van der Waals surface area (Å²) in [6.45, 7) is 0.0973. The summed E-state index contributed by atoms with van der Waals surface area (Å²) in [7, 11) is 1.58. The Balaban J connectivity index is 1.89. The number of nitrogens with one attached hydrogen (secondary N) is 2. The first-order valence-corrected chi connectivity index (χ1v) is 6.54. The number of aliphatic hydroxyl groups is 1. The van der Waals surface area contributed by atoms with Crippen molar-refractivity contribution in [3.05, 3.63) is 54.0 Å². The number of ether oxygens (including phenoxy) is 1. The van der Waals surface area contributed by atoms with Crippen molar-refractivity contribution in [2.75, 3.05) is 13.7 Å². The van der Waals surface area contributed by atoms with Gasteiger partial charge in [0.2, 0.25) is 0 Å². The maximum absolute atomic E-state index is 11.8. The largest absolute Gasteiger partial charge is 0.497 e. The van der Waals surface area contributed by atoms with E-state index < -0.39 is 6.04 Å². The predicted molar refractivity (Wildman–Crippen MR) is 76.9 cm³/mol. The first-order chi connectivity index (χ1) is 10.2. The molecule has 2 aromatic rings. The van der Waals surface area contributed by atoms with E-state index in [2.05, 4.69) is 10.6 Å². The lowest BCUT2D eigenvalue weighted by molar-refractivity contribution is 0.216. The normalized spacial score (nSPS) is 11.7. The molecule has 1 heterocycles. The Hall–Kier alpha value is -2.47. The highest BCUT2D eigenvalue weighted by Gasteiger charge is 2.13. The van der Waals surface area contributed by atoms with Gasteiger partial charge in [-0.05, 0) is 29.8 Å². The lowest BCUT2D eigenvalue weighted by Gasteiger charge is -2.17. The zero-order valence-electron chi connectivity index (χ0n) is 11.7. The van der Waals surface area contributed by atoms with Crippen molar-refractivity contribution in [1.82, 2.24) is 10.6 Å². The van der Waals surface area contributed by atoms with Gasteiger partial charge in [-0.3, -0.25) is 0 Å². The van der Waals surface area contributed by atoms with Crippen LogP contribution < -0.4 is 15.4 Å². The number of benzene rings is 1. The third-order valence-electron chi connectivity index (χ3n) is 3.01. The predicted octanol–water partition coefficient (Wildman–Crippen LogP) is 1.82. The van der Waals surface area contributed by atoms with Crippen molar-refractivity contribution in [3.63, 3.8) is 0 Å². The number of hydrogen-bond acceptors (Lipinski definition) is 4. The highest BCUT2D eigenvalue weighted by atomic mass is 16.5. The van der Waals surface area contributed by atoms with Crippen molar-refractivity contribution >= 4 is 6.03 Å². The van der Waals surface area contributed by atoms with E-state index in [1.165, 1.54) is 0 Å². The van der Waals surface area contributed by atoms with Crippen LogP contribution in [0, 0.1) is 0 Å². The molecule has 0 aliphatic rings. The molecule has 0 unspecified atom stereocenters. The molecule has 2 amide bonds. The number of hydrogen-bond donors (Lipinski definition) is 3. The molecule has 0 spiro atoms. The Morgan fingerprint density at radius 1 is 1.33 bits per heavy atom. The number of methoxy groups -OCH3 is 1. The lowest BCUT2D eigenvalue weighted by Crippen LogP contribution is -2.38. The van der Waals surface area contributed by atoms with Crippen molar-refractivity contribution < 1.29 is 19.1 Å². The third kappa shape index (κ3) is 4.25. The van der Waals surface area contributed by atoms with E-state index in [4.69, 9.17) is 9.15 Å². The van der Waals surface area contributed by atoms with Crippen LogP contribution in [-0.2, 0) is 6.54 Å². The van der Waals surface area contributed by atoms with Crippen molar-refractivity contribution in [3.8, 4) is 5.75 Å². The van der Waals surface area contributed by atoms with Crippen LogP contribution in [0.2, 0.25) is 0 Å². The van der Waals surface area contributed by atoms with Gasteiger partial charge >= 0.3 is 6.03 Å². The molecule has 0 aliphatic heterocycles. The quantitative estimate of drug-likeness (QED) is 0.757. The van der Waals surface area contributed by atoms with Crippen LogP contribution in [0.3, 0.4) is 0 Å². The third-order valence-corrected chi connectivity index (χ3v) is 3.01. The molecule has 0 fully saturated rings. The SMILES string of the molecule is COc1ccc([C@@H](CO)NC(=O)NCc2ccco2)cc1. The van der Waals surface area contributed by atoms with Gasteiger partial charge in [-0.25, -0.2) is 4.79 Å². The van der Waals surface area contributed by atoms with Crippen LogP contribution in [0.25, 0.3) is 0 Å². The molecular weight excluding hydrogens is 272 g/mol. The van der Waals surface area contributed by atoms with E-state index >= 15 is 0 Å². The number of aliphatic hydroxyl groups excluding tert-OH is 1. The average molecular weight is 290 g/mol. The summed E-state index contributed by atoms with van der Waals surface area (Å²) in [5.41, 5.74) is 0.798. The Kier molecular flexibility index (Phi) is 5.22. The molecule has 0 bridgehead atoms. The second-order valence-corrected chi connectivity index (χ2v) is 4.41. The van der Waals surface area contributed by atoms with Gasteiger partial charge in [-0.1, -0.05) is 12.1 Å². The van der Waals surface area contributed by atoms with Crippen LogP contribution in [0.15, 0.2) is 47.1 Å². The molecule has 21 heavy (non-hydrogen) atoms. The zero-order valence-corrected chi connectivity index (χ0v) is 11.7. The average Bonchev–Trinajstić information content (AvgIpc) is 3.04. The molecule has 6 nitrogen and oxygen atoms in total. The molecule has 1 aromatic heterocycles. The molecule has 1 atom stereocenters. The van der Waals surface area contributed by atoms with E-state index in [9.17, 15) is 9.90 Å². The summed E-state index contributed by atoms with van der Waals surface area (Å²) in [6.07, 6.45) is 1.54. The van der Waals surface area contributed by atoms with E-state index in [0.29, 0.717) is 12.3 Å². The van der Waals surface area contributed by atoms with Crippen LogP contribution >= 0.6 is 0 Å². The number of carbonyl (C=O) groups excluding carboxylic acids is 1. The fourth-order valence-corrected chi connectivity index (χ4v) is 1.86. The van der Waals surface area contributed by atoms with Crippen LogP contribution in [0.1, 0.15) is 17.4 Å². The lowest BCUT2D eigenvalue weighted by atomic mass is 10.1. The molecule has 0 radical (unpaired) electrons. The number of urea groups is 1. The molecule has 0 saturated heterocycles. The summed E-state index contributed by atoms with van der Waals surface area (Å²) in [5.74, 6) is 1.38. The number of furan rings is 1. The highest BCUT2D eigenvalue weighted by Crippen LogP contribution is 2.17. The smallest absolute Gasteiger partial charge is 0.315 e. The van der Waals surface area contributed by atoms with E-state index in [1.807, 2.05) is 0 Å². The number of amides is 2. The minimum atomic E-state index is -0.479. The van der Waals surface area contributed by atoms with Gasteiger partial charge in [-0.15, -0.1) is 0 Å². The maximum atomic E-state index is 11.8. The summed E-state index contributed by atoms with van der Waals surface area (Å²) >= 11 is 0. The molecule has 3 N–H and O–H groups in total. The van der Waals surface area contributed by atoms with Crippen LogP contribution in [-0.4, -0.2) is 24.9 Å². The minimum absolute atomic E-state index is 0.194. The second kappa shape index (κ2) is 7.35. The van der Waals surface area contributed by atoms with Gasteiger partial charge < -0.3 is 24.9 Å². The van der Waals surface area contributed by atoms with Crippen LogP contribution in [0.4, 0.5) is 4.79 Å². The maximum Gasteiger partial charge on any atom is 0.315 e. The van der Waals surface area contributed by atoms with E-state index in [0.717, 1.165) is 11.3 Å². The summed E-state index contributed by atoms with van der Waals surface area (Å²) in [4.78, 5) is 11.8. The molecule has 112 valence electrons.